The third-order valence-corrected chi connectivity index (χ3v) is 16.4. The number of hydrogen-bond donors (Lipinski definition) is 2. The number of carboxylic acids is 1. The van der Waals surface area contributed by atoms with Crippen LogP contribution in [0.2, 0.25) is 5.02 Å². The summed E-state index contributed by atoms with van der Waals surface area (Å²) in [6, 6.07) is 7.35. The fourth-order valence-corrected chi connectivity index (χ4v) is 13.2. The highest BCUT2D eigenvalue weighted by Crippen LogP contribution is 2.77. The van der Waals surface area contributed by atoms with Crippen molar-refractivity contribution >= 4 is 35.2 Å². The molecule has 6 rings (SSSR count). The van der Waals surface area contributed by atoms with Crippen molar-refractivity contribution in [2.75, 3.05) is 0 Å². The molecular weight excluding hydrogens is 698 g/mol. The van der Waals surface area contributed by atoms with Crippen LogP contribution in [0.4, 0.5) is 0 Å². The molecule has 0 heterocycles. The van der Waals surface area contributed by atoms with E-state index in [9.17, 15) is 24.3 Å². The molecule has 4 saturated carbocycles. The summed E-state index contributed by atoms with van der Waals surface area (Å²) in [7, 11) is 0. The Morgan fingerprint density at radius 3 is 2.31 bits per heavy atom. The molecule has 0 aliphatic heterocycles. The summed E-state index contributed by atoms with van der Waals surface area (Å²) >= 11 is 6.23. The molecule has 1 amide bonds. The van der Waals surface area contributed by atoms with Crippen LogP contribution in [0, 0.1) is 56.2 Å². The van der Waals surface area contributed by atoms with Crippen LogP contribution < -0.4 is 5.32 Å². The second kappa shape index (κ2) is 13.9. The number of nitrogens with one attached hydrogen (secondary N) is 1. The second-order valence-electron chi connectivity index (χ2n) is 20.2. The largest absolute Gasteiger partial charge is 0.481 e. The zero-order chi connectivity index (χ0) is 39.8. The van der Waals surface area contributed by atoms with Crippen molar-refractivity contribution in [3.05, 3.63) is 58.1 Å². The number of ketones is 1. The molecule has 5 aliphatic rings. The third kappa shape index (κ3) is 6.50. The lowest BCUT2D eigenvalue weighted by Gasteiger charge is -2.72. The van der Waals surface area contributed by atoms with E-state index in [1.165, 1.54) is 5.57 Å². The molecule has 1 aromatic carbocycles. The number of carbonyl (C=O) groups is 4. The highest BCUT2D eigenvalue weighted by molar-refractivity contribution is 6.30. The summed E-state index contributed by atoms with van der Waals surface area (Å²) < 4.78 is 6.16. The summed E-state index contributed by atoms with van der Waals surface area (Å²) in [5.41, 5.74) is 1.48. The first kappa shape index (κ1) is 40.7. The van der Waals surface area contributed by atoms with Gasteiger partial charge in [-0.25, -0.2) is 0 Å². The number of allylic oxidation sites excluding steroid dienone is 3. The van der Waals surface area contributed by atoms with E-state index >= 15 is 0 Å². The molecule has 9 atom stereocenters. The van der Waals surface area contributed by atoms with Crippen molar-refractivity contribution in [2.45, 2.75) is 146 Å². The number of carbonyl (C=O) groups excluding carboxylic acids is 3. The fraction of sp³-hybridized carbons (Fsp3) is 0.696. The minimum Gasteiger partial charge on any atom is -0.481 e. The molecule has 296 valence electrons. The van der Waals surface area contributed by atoms with Crippen LogP contribution >= 0.6 is 11.6 Å². The molecule has 0 unspecified atom stereocenters. The van der Waals surface area contributed by atoms with Gasteiger partial charge in [0, 0.05) is 22.3 Å². The van der Waals surface area contributed by atoms with E-state index in [0.717, 1.165) is 62.5 Å². The number of rotatable bonds is 9. The van der Waals surface area contributed by atoms with E-state index in [1.807, 2.05) is 31.2 Å². The summed E-state index contributed by atoms with van der Waals surface area (Å²) in [6.07, 6.45) is 11.6. The average molecular weight is 762 g/mol. The molecular formula is C46H64ClNO6. The highest BCUT2D eigenvalue weighted by atomic mass is 35.5. The topological polar surface area (TPSA) is 110 Å². The summed E-state index contributed by atoms with van der Waals surface area (Å²) in [5.74, 6) is -0.126. The van der Waals surface area contributed by atoms with Gasteiger partial charge in [-0.15, -0.1) is 0 Å². The zero-order valence-corrected chi connectivity index (χ0v) is 35.1. The molecule has 2 N–H and O–H groups in total. The number of hydrogen-bond acceptors (Lipinski definition) is 5. The lowest BCUT2D eigenvalue weighted by molar-refractivity contribution is -0.232. The van der Waals surface area contributed by atoms with Gasteiger partial charge in [0.05, 0.1) is 17.9 Å². The lowest BCUT2D eigenvalue weighted by atomic mass is 9.33. The van der Waals surface area contributed by atoms with Crippen molar-refractivity contribution in [1.82, 2.24) is 5.32 Å². The third-order valence-electron chi connectivity index (χ3n) is 16.1. The normalized spacial score (nSPS) is 36.6. The Balaban J connectivity index is 1.26. The number of carboxylic acid groups (broad SMARTS) is 1. The minimum absolute atomic E-state index is 0.0133. The Morgan fingerprint density at radius 1 is 0.963 bits per heavy atom. The summed E-state index contributed by atoms with van der Waals surface area (Å²) in [6.45, 7) is 21.5. The molecule has 54 heavy (non-hydrogen) atoms. The second-order valence-corrected chi connectivity index (χ2v) is 20.6. The number of benzene rings is 1. The summed E-state index contributed by atoms with van der Waals surface area (Å²) in [4.78, 5) is 52.3. The van der Waals surface area contributed by atoms with Crippen LogP contribution in [0.15, 0.2) is 47.6 Å². The Bertz CT molecular complexity index is 1770. The molecule has 0 saturated heterocycles. The van der Waals surface area contributed by atoms with Crippen LogP contribution in [0.1, 0.15) is 145 Å². The smallest absolute Gasteiger partial charge is 0.309 e. The first-order chi connectivity index (χ1) is 25.0. The number of fused-ring (bicyclic) bond motifs is 7. The maximum atomic E-state index is 14.0. The standard InChI is InChI=1S/C46H64ClNO6/c1-27(2)38-32(49)25-46(21-18-36(50)48-28(3)29-12-11-13-30(47)24-29)23-22-44(9)31(39(38)46)14-15-34-43(8)19-17-35(54-37(51)26-41(4,5)40(52)53)42(6,7)33(43)16-20-45(34,44)10/h11-13,18,21,24,27-28,31,33-35H,14-17,19-20,22-23,25-26H2,1-10H3,(H,48,50)(H,52,53)/t28-,31-,33+,34-,35+,43+,44-,45-,46+/m1/s1. The van der Waals surface area contributed by atoms with Crippen LogP contribution in [0.25, 0.3) is 0 Å². The van der Waals surface area contributed by atoms with E-state index in [0.29, 0.717) is 23.3 Å². The van der Waals surface area contributed by atoms with Crippen LogP contribution in [-0.2, 0) is 23.9 Å². The predicted octanol–water partition coefficient (Wildman–Crippen LogP) is 10.5. The van der Waals surface area contributed by atoms with E-state index < -0.39 is 22.8 Å². The molecule has 4 fully saturated rings. The summed E-state index contributed by atoms with van der Waals surface area (Å²) in [5, 5.41) is 13.4. The van der Waals surface area contributed by atoms with Crippen molar-refractivity contribution in [3.8, 4) is 0 Å². The Labute approximate surface area is 328 Å². The van der Waals surface area contributed by atoms with E-state index in [1.54, 1.807) is 19.9 Å². The molecule has 0 aromatic heterocycles. The monoisotopic (exact) mass is 761 g/mol. The first-order valence-electron chi connectivity index (χ1n) is 20.5. The van der Waals surface area contributed by atoms with E-state index in [4.69, 9.17) is 16.3 Å². The molecule has 1 aromatic rings. The Kier molecular flexibility index (Phi) is 10.5. The molecule has 0 spiro atoms. The number of halogens is 1. The van der Waals surface area contributed by atoms with Crippen molar-refractivity contribution in [1.29, 1.82) is 0 Å². The molecule has 0 bridgehead atoms. The zero-order valence-electron chi connectivity index (χ0n) is 34.4. The quantitative estimate of drug-likeness (QED) is 0.192. The molecule has 8 heteroatoms. The van der Waals surface area contributed by atoms with Gasteiger partial charge < -0.3 is 15.2 Å². The first-order valence-corrected chi connectivity index (χ1v) is 20.9. The van der Waals surface area contributed by atoms with Gasteiger partial charge in [-0.2, -0.15) is 0 Å². The van der Waals surface area contributed by atoms with Gasteiger partial charge >= 0.3 is 11.9 Å². The maximum absolute atomic E-state index is 14.0. The number of Topliss-reactive ketones (excluding diaryl/α,β-unsaturated/α-hetero) is 1. The van der Waals surface area contributed by atoms with Crippen LogP contribution in [0.3, 0.4) is 0 Å². The van der Waals surface area contributed by atoms with Crippen molar-refractivity contribution in [3.63, 3.8) is 0 Å². The number of amides is 1. The fourth-order valence-electron chi connectivity index (χ4n) is 13.0. The van der Waals surface area contributed by atoms with E-state index in [2.05, 4.69) is 59.9 Å². The van der Waals surface area contributed by atoms with Gasteiger partial charge in [-0.05, 0) is 147 Å². The van der Waals surface area contributed by atoms with E-state index in [-0.39, 0.29) is 63.8 Å². The van der Waals surface area contributed by atoms with Gasteiger partial charge in [0.1, 0.15) is 6.10 Å². The maximum Gasteiger partial charge on any atom is 0.309 e. The van der Waals surface area contributed by atoms with Crippen LogP contribution in [0.5, 0.6) is 0 Å². The number of ether oxygens (including phenoxy) is 1. The van der Waals surface area contributed by atoms with Gasteiger partial charge in [-0.1, -0.05) is 78.3 Å². The lowest BCUT2D eigenvalue weighted by Crippen LogP contribution is -2.65. The minimum atomic E-state index is -1.17. The van der Waals surface area contributed by atoms with Gasteiger partial charge in [0.2, 0.25) is 5.91 Å². The van der Waals surface area contributed by atoms with Gasteiger partial charge in [0.15, 0.2) is 5.78 Å². The Morgan fingerprint density at radius 2 is 1.67 bits per heavy atom. The van der Waals surface area contributed by atoms with Gasteiger partial charge in [-0.3, -0.25) is 19.2 Å². The molecule has 0 radical (unpaired) electrons. The SMILES string of the molecule is CC(C)C1=C2[C@H]3CC[C@@H]4[C@@]5(C)CC[C@H](OC(=O)CC(C)(C)C(=O)O)C(C)(C)[C@@H]5CC[C@@]4(C)[C@]3(C)CC[C@@]2(C=CC(=O)N[C@H](C)c2cccc(Cl)c2)CC1=O. The average Bonchev–Trinajstić information content (AvgIpc) is 3.37. The van der Waals surface area contributed by atoms with Crippen molar-refractivity contribution < 1.29 is 29.0 Å². The molecule has 7 nitrogen and oxygen atoms in total. The molecule has 5 aliphatic carbocycles. The highest BCUT2D eigenvalue weighted by Gasteiger charge is 2.70. The predicted molar refractivity (Wildman–Crippen MR) is 212 cm³/mol. The number of aliphatic carboxylic acids is 1. The number of esters is 1. The van der Waals surface area contributed by atoms with Gasteiger partial charge in [0.25, 0.3) is 0 Å². The van der Waals surface area contributed by atoms with Crippen LogP contribution in [-0.4, -0.2) is 34.8 Å². The Hall–Kier alpha value is -2.93. The van der Waals surface area contributed by atoms with Crippen molar-refractivity contribution in [2.24, 2.45) is 56.2 Å².